The van der Waals surface area contributed by atoms with Crippen LogP contribution in [0.1, 0.15) is 32.4 Å². The molecular weight excluding hydrogens is 473 g/mol. The van der Waals surface area contributed by atoms with Gasteiger partial charge in [-0.15, -0.1) is 5.10 Å². The van der Waals surface area contributed by atoms with Crippen LogP contribution in [0, 0.1) is 6.92 Å². The van der Waals surface area contributed by atoms with Crippen molar-refractivity contribution in [2.75, 3.05) is 36.4 Å². The minimum absolute atomic E-state index is 0.0511. The van der Waals surface area contributed by atoms with Gasteiger partial charge in [-0.25, -0.2) is 9.89 Å². The molecule has 0 unspecified atom stereocenters. The summed E-state index contributed by atoms with van der Waals surface area (Å²) in [6, 6.07) is 4.95. The average Bonchev–Trinajstić information content (AvgIpc) is 3.36. The van der Waals surface area contributed by atoms with E-state index in [1.807, 2.05) is 0 Å². The summed E-state index contributed by atoms with van der Waals surface area (Å²) >= 11 is 12.3. The summed E-state index contributed by atoms with van der Waals surface area (Å²) in [6.45, 7) is 4.59. The number of carbonyl (C=O) groups excluding carboxylic acids is 2. The number of aromatic nitrogens is 3. The lowest BCUT2D eigenvalue weighted by atomic mass is 10.1. The van der Waals surface area contributed by atoms with E-state index in [2.05, 4.69) is 36.0 Å². The van der Waals surface area contributed by atoms with Crippen LogP contribution < -0.4 is 26.6 Å². The normalized spacial score (nSPS) is 13.7. The van der Waals surface area contributed by atoms with Gasteiger partial charge in [0, 0.05) is 37.4 Å². The lowest BCUT2D eigenvalue weighted by Crippen LogP contribution is -2.44. The molecule has 1 saturated heterocycles. The van der Waals surface area contributed by atoms with Gasteiger partial charge in [-0.1, -0.05) is 23.2 Å². The second-order valence-corrected chi connectivity index (χ2v) is 8.12. The molecule has 2 aromatic heterocycles. The van der Waals surface area contributed by atoms with Gasteiger partial charge in [0.15, 0.2) is 0 Å². The maximum absolute atomic E-state index is 12.9. The van der Waals surface area contributed by atoms with Crippen LogP contribution in [-0.2, 0) is 6.54 Å². The predicted molar refractivity (Wildman–Crippen MR) is 123 cm³/mol. The summed E-state index contributed by atoms with van der Waals surface area (Å²) in [6.07, 6.45) is 0. The van der Waals surface area contributed by atoms with E-state index >= 15 is 0 Å². The number of hydrogen-bond acceptors (Lipinski definition) is 7. The Morgan fingerprint density at radius 3 is 2.58 bits per heavy atom. The van der Waals surface area contributed by atoms with Gasteiger partial charge in [-0.3, -0.25) is 9.59 Å². The topological polar surface area (TPSA) is 148 Å². The second kappa shape index (κ2) is 9.69. The minimum atomic E-state index is -0.695. The molecule has 3 heterocycles. The molecule has 174 valence electrons. The first-order valence-corrected chi connectivity index (χ1v) is 10.9. The van der Waals surface area contributed by atoms with E-state index < -0.39 is 11.7 Å². The lowest BCUT2D eigenvalue weighted by molar-refractivity contribution is 0.0946. The number of halogens is 2. The fourth-order valence-corrected chi connectivity index (χ4v) is 3.87. The minimum Gasteiger partial charge on any atom is -0.391 e. The third-order valence-electron chi connectivity index (χ3n) is 5.13. The Labute approximate surface area is 197 Å². The summed E-state index contributed by atoms with van der Waals surface area (Å²) in [7, 11) is 0. The molecule has 0 aliphatic carbocycles. The molecule has 0 atom stereocenters. The number of piperazine rings is 1. The molecule has 1 aliphatic rings. The second-order valence-electron chi connectivity index (χ2n) is 7.37. The summed E-state index contributed by atoms with van der Waals surface area (Å²) in [5, 5.41) is 15.0. The van der Waals surface area contributed by atoms with Crippen LogP contribution in [0.25, 0.3) is 0 Å². The van der Waals surface area contributed by atoms with E-state index in [0.29, 0.717) is 40.7 Å². The number of hydrogen-bond donors (Lipinski definition) is 5. The van der Waals surface area contributed by atoms with Crippen LogP contribution in [0.5, 0.6) is 0 Å². The number of rotatable bonds is 6. The van der Waals surface area contributed by atoms with Gasteiger partial charge in [0.05, 0.1) is 28.0 Å². The smallest absolute Gasteiger partial charge is 0.391 e. The SMILES string of the molecule is Cc1[nH]c(C(=O)Nc2ccc(C(=O)NCc3n[nH]c(=O)o3)cc2N2CCNCC2)c(Cl)c1Cl. The molecule has 0 radical (unpaired) electrons. The van der Waals surface area contributed by atoms with Crippen molar-refractivity contribution >= 4 is 46.4 Å². The average molecular weight is 494 g/mol. The molecule has 4 rings (SSSR count). The Morgan fingerprint density at radius 1 is 1.18 bits per heavy atom. The molecule has 5 N–H and O–H groups in total. The molecule has 33 heavy (non-hydrogen) atoms. The fraction of sp³-hybridized carbons (Fsp3) is 0.300. The zero-order chi connectivity index (χ0) is 23.5. The molecule has 0 bridgehead atoms. The van der Waals surface area contributed by atoms with Gasteiger partial charge in [0.25, 0.3) is 11.8 Å². The molecule has 3 aromatic rings. The highest BCUT2D eigenvalue weighted by Gasteiger charge is 2.22. The third kappa shape index (κ3) is 5.05. The maximum Gasteiger partial charge on any atom is 0.434 e. The number of benzene rings is 1. The summed E-state index contributed by atoms with van der Waals surface area (Å²) in [5.41, 5.74) is 2.34. The summed E-state index contributed by atoms with van der Waals surface area (Å²) in [4.78, 5) is 41.5. The zero-order valence-corrected chi connectivity index (χ0v) is 19.1. The number of nitrogens with one attached hydrogen (secondary N) is 5. The Morgan fingerprint density at radius 2 is 1.94 bits per heavy atom. The Balaban J connectivity index is 1.58. The first-order valence-electron chi connectivity index (χ1n) is 10.1. The molecule has 2 amide bonds. The number of carbonyl (C=O) groups is 2. The Kier molecular flexibility index (Phi) is 6.72. The molecule has 0 spiro atoms. The quantitative estimate of drug-likeness (QED) is 0.352. The highest BCUT2D eigenvalue weighted by atomic mass is 35.5. The first-order chi connectivity index (χ1) is 15.8. The number of amides is 2. The fourth-order valence-electron chi connectivity index (χ4n) is 3.45. The van der Waals surface area contributed by atoms with Gasteiger partial charge in [-0.2, -0.15) is 0 Å². The number of H-pyrrole nitrogens is 2. The van der Waals surface area contributed by atoms with Crippen LogP contribution in [0.15, 0.2) is 27.4 Å². The van der Waals surface area contributed by atoms with Gasteiger partial charge >= 0.3 is 5.76 Å². The molecule has 11 nitrogen and oxygen atoms in total. The number of aromatic amines is 2. The number of anilines is 2. The third-order valence-corrected chi connectivity index (χ3v) is 6.08. The predicted octanol–water partition coefficient (Wildman–Crippen LogP) is 1.90. The van der Waals surface area contributed by atoms with Crippen LogP contribution in [0.2, 0.25) is 10.0 Å². The van der Waals surface area contributed by atoms with Gasteiger partial charge in [0.1, 0.15) is 5.69 Å². The monoisotopic (exact) mass is 493 g/mol. The standard InChI is InChI=1S/C20H21Cl2N7O4/c1-10-15(21)16(22)17(25-10)19(31)26-12-3-2-11(8-13(12)29-6-4-23-5-7-29)18(30)24-9-14-27-28-20(32)33-14/h2-3,8,23,25H,4-7,9H2,1H3,(H,24,30)(H,26,31)(H,28,32). The van der Waals surface area contributed by atoms with Crippen LogP contribution in [0.3, 0.4) is 0 Å². The molecule has 1 aromatic carbocycles. The highest BCUT2D eigenvalue weighted by Crippen LogP contribution is 2.32. The number of aryl methyl sites for hydroxylation is 1. The Bertz CT molecular complexity index is 1240. The van der Waals surface area contributed by atoms with Crippen molar-refractivity contribution in [1.29, 1.82) is 0 Å². The molecule has 1 aliphatic heterocycles. The van der Waals surface area contributed by atoms with E-state index in [1.54, 1.807) is 25.1 Å². The van der Waals surface area contributed by atoms with Crippen molar-refractivity contribution in [3.8, 4) is 0 Å². The van der Waals surface area contributed by atoms with Crippen LogP contribution >= 0.6 is 23.2 Å². The van der Waals surface area contributed by atoms with Gasteiger partial charge in [0.2, 0.25) is 5.89 Å². The van der Waals surface area contributed by atoms with E-state index in [9.17, 15) is 14.4 Å². The number of nitrogens with zero attached hydrogens (tertiary/aromatic N) is 2. The van der Waals surface area contributed by atoms with Crippen LogP contribution in [0.4, 0.5) is 11.4 Å². The van der Waals surface area contributed by atoms with Crippen LogP contribution in [-0.4, -0.2) is 53.2 Å². The Hall–Kier alpha value is -3.28. The lowest BCUT2D eigenvalue weighted by Gasteiger charge is -2.31. The van der Waals surface area contributed by atoms with E-state index in [-0.39, 0.29) is 29.1 Å². The summed E-state index contributed by atoms with van der Waals surface area (Å²) < 4.78 is 4.79. The zero-order valence-electron chi connectivity index (χ0n) is 17.6. The van der Waals surface area contributed by atoms with Crippen molar-refractivity contribution in [3.63, 3.8) is 0 Å². The highest BCUT2D eigenvalue weighted by molar-refractivity contribution is 6.44. The summed E-state index contributed by atoms with van der Waals surface area (Å²) in [5.74, 6) is -1.46. The molecular formula is C20H21Cl2N7O4. The van der Waals surface area contributed by atoms with Crippen molar-refractivity contribution in [1.82, 2.24) is 25.8 Å². The van der Waals surface area contributed by atoms with Crippen molar-refractivity contribution in [3.05, 3.63) is 61.6 Å². The largest absolute Gasteiger partial charge is 0.434 e. The first kappa shape index (κ1) is 22.9. The molecule has 0 saturated carbocycles. The maximum atomic E-state index is 12.9. The van der Waals surface area contributed by atoms with E-state index in [1.165, 1.54) is 0 Å². The molecule has 1 fully saturated rings. The van der Waals surface area contributed by atoms with Gasteiger partial charge in [-0.05, 0) is 25.1 Å². The van der Waals surface area contributed by atoms with Gasteiger partial charge < -0.3 is 30.3 Å². The molecule has 13 heteroatoms. The van der Waals surface area contributed by atoms with Crippen molar-refractivity contribution in [2.24, 2.45) is 0 Å². The van der Waals surface area contributed by atoms with E-state index in [0.717, 1.165) is 13.1 Å². The van der Waals surface area contributed by atoms with Crippen molar-refractivity contribution < 1.29 is 14.0 Å². The van der Waals surface area contributed by atoms with E-state index in [4.69, 9.17) is 27.6 Å². The van der Waals surface area contributed by atoms with Crippen molar-refractivity contribution in [2.45, 2.75) is 13.5 Å².